The van der Waals surface area contributed by atoms with Crippen LogP contribution < -0.4 is 5.73 Å². The van der Waals surface area contributed by atoms with E-state index in [1.165, 1.54) is 0 Å². The molecule has 0 atom stereocenters. The molecule has 0 bridgehead atoms. The van der Waals surface area contributed by atoms with Gasteiger partial charge in [0.25, 0.3) is 0 Å². The standard InChI is InChI=1S/C16H14N2O2/c17-10-13-4-1-5-14(7-13)11-20-16(19)9-12-3-2-6-15(18)8-12/h1-8H,9,11,18H2. The van der Waals surface area contributed by atoms with Crippen molar-refractivity contribution in [2.24, 2.45) is 0 Å². The number of ether oxygens (including phenoxy) is 1. The van der Waals surface area contributed by atoms with Crippen molar-refractivity contribution < 1.29 is 9.53 Å². The molecule has 20 heavy (non-hydrogen) atoms. The summed E-state index contributed by atoms with van der Waals surface area (Å²) < 4.78 is 5.18. The zero-order valence-corrected chi connectivity index (χ0v) is 10.9. The van der Waals surface area contributed by atoms with Gasteiger partial charge in [-0.3, -0.25) is 4.79 Å². The van der Waals surface area contributed by atoms with Gasteiger partial charge in [-0.15, -0.1) is 0 Å². The fourth-order valence-corrected chi connectivity index (χ4v) is 1.82. The average molecular weight is 266 g/mol. The van der Waals surface area contributed by atoms with E-state index >= 15 is 0 Å². The summed E-state index contributed by atoms with van der Waals surface area (Å²) in [5, 5.41) is 8.79. The zero-order chi connectivity index (χ0) is 14.4. The first-order valence-corrected chi connectivity index (χ1v) is 6.16. The number of hydrogen-bond donors (Lipinski definition) is 1. The quantitative estimate of drug-likeness (QED) is 0.681. The first-order valence-electron chi connectivity index (χ1n) is 6.16. The van der Waals surface area contributed by atoms with Gasteiger partial charge in [0, 0.05) is 5.69 Å². The molecule has 0 aliphatic carbocycles. The molecule has 100 valence electrons. The molecule has 2 aromatic carbocycles. The summed E-state index contributed by atoms with van der Waals surface area (Å²) in [6.45, 7) is 0.163. The summed E-state index contributed by atoms with van der Waals surface area (Å²) in [5.41, 5.74) is 8.44. The third-order valence-corrected chi connectivity index (χ3v) is 2.76. The average Bonchev–Trinajstić information content (AvgIpc) is 2.45. The van der Waals surface area contributed by atoms with Crippen LogP contribution in [0, 0.1) is 11.3 Å². The number of nitriles is 1. The van der Waals surface area contributed by atoms with Crippen molar-refractivity contribution in [2.45, 2.75) is 13.0 Å². The molecule has 2 aromatic rings. The summed E-state index contributed by atoms with van der Waals surface area (Å²) in [5.74, 6) is -0.321. The van der Waals surface area contributed by atoms with Crippen molar-refractivity contribution in [3.05, 3.63) is 65.2 Å². The van der Waals surface area contributed by atoms with Gasteiger partial charge in [0.15, 0.2) is 0 Å². The molecule has 0 radical (unpaired) electrons. The first-order chi connectivity index (χ1) is 9.67. The largest absolute Gasteiger partial charge is 0.461 e. The van der Waals surface area contributed by atoms with Crippen molar-refractivity contribution in [1.82, 2.24) is 0 Å². The number of nitrogen functional groups attached to an aromatic ring is 1. The van der Waals surface area contributed by atoms with Crippen LogP contribution in [0.4, 0.5) is 5.69 Å². The zero-order valence-electron chi connectivity index (χ0n) is 10.9. The Hall–Kier alpha value is -2.80. The van der Waals surface area contributed by atoms with Gasteiger partial charge in [-0.05, 0) is 35.4 Å². The molecule has 0 fully saturated rings. The minimum absolute atomic E-state index is 0.163. The highest BCUT2D eigenvalue weighted by Gasteiger charge is 2.06. The van der Waals surface area contributed by atoms with E-state index in [0.717, 1.165) is 11.1 Å². The number of carbonyl (C=O) groups is 1. The Labute approximate surface area is 117 Å². The van der Waals surface area contributed by atoms with Crippen molar-refractivity contribution in [3.8, 4) is 6.07 Å². The van der Waals surface area contributed by atoms with Crippen molar-refractivity contribution in [2.75, 3.05) is 5.73 Å². The molecule has 0 aliphatic heterocycles. The summed E-state index contributed by atoms with van der Waals surface area (Å²) in [6, 6.07) is 16.2. The van der Waals surface area contributed by atoms with E-state index in [1.54, 1.807) is 36.4 Å². The highest BCUT2D eigenvalue weighted by atomic mass is 16.5. The third-order valence-electron chi connectivity index (χ3n) is 2.76. The van der Waals surface area contributed by atoms with Crippen LogP contribution in [0.25, 0.3) is 0 Å². The van der Waals surface area contributed by atoms with E-state index in [0.29, 0.717) is 11.3 Å². The molecule has 2 N–H and O–H groups in total. The molecular formula is C16H14N2O2. The van der Waals surface area contributed by atoms with E-state index in [2.05, 4.69) is 0 Å². The molecule has 4 heteroatoms. The molecule has 0 saturated carbocycles. The van der Waals surface area contributed by atoms with Crippen molar-refractivity contribution in [1.29, 1.82) is 5.26 Å². The van der Waals surface area contributed by atoms with Crippen LogP contribution in [0.5, 0.6) is 0 Å². The Morgan fingerprint density at radius 3 is 2.65 bits per heavy atom. The van der Waals surface area contributed by atoms with Gasteiger partial charge in [0.1, 0.15) is 6.61 Å². The van der Waals surface area contributed by atoms with Crippen molar-refractivity contribution in [3.63, 3.8) is 0 Å². The maximum Gasteiger partial charge on any atom is 0.310 e. The lowest BCUT2D eigenvalue weighted by Gasteiger charge is -2.06. The number of nitrogens with two attached hydrogens (primary N) is 1. The topological polar surface area (TPSA) is 76.1 Å². The number of anilines is 1. The maximum atomic E-state index is 11.7. The molecule has 0 aromatic heterocycles. The lowest BCUT2D eigenvalue weighted by Crippen LogP contribution is -2.08. The van der Waals surface area contributed by atoms with Gasteiger partial charge in [0.2, 0.25) is 0 Å². The van der Waals surface area contributed by atoms with Gasteiger partial charge in [0.05, 0.1) is 18.1 Å². The third kappa shape index (κ3) is 3.85. The van der Waals surface area contributed by atoms with E-state index in [1.807, 2.05) is 18.2 Å². The number of hydrogen-bond acceptors (Lipinski definition) is 4. The summed E-state index contributed by atoms with van der Waals surface area (Å²) in [4.78, 5) is 11.7. The molecule has 0 saturated heterocycles. The fourth-order valence-electron chi connectivity index (χ4n) is 1.82. The predicted octanol–water partition coefficient (Wildman–Crippen LogP) is 2.43. The molecule has 0 heterocycles. The van der Waals surface area contributed by atoms with Gasteiger partial charge < -0.3 is 10.5 Å². The van der Waals surface area contributed by atoms with Crippen LogP contribution in [-0.4, -0.2) is 5.97 Å². The van der Waals surface area contributed by atoms with E-state index < -0.39 is 0 Å². The van der Waals surface area contributed by atoms with Crippen molar-refractivity contribution >= 4 is 11.7 Å². The van der Waals surface area contributed by atoms with Crippen LogP contribution in [0.3, 0.4) is 0 Å². The second kappa shape index (κ2) is 6.39. The number of carbonyl (C=O) groups excluding carboxylic acids is 1. The Morgan fingerprint density at radius 2 is 1.90 bits per heavy atom. The normalized spacial score (nSPS) is 9.75. The highest BCUT2D eigenvalue weighted by Crippen LogP contribution is 2.09. The minimum atomic E-state index is -0.321. The Balaban J connectivity index is 1.90. The van der Waals surface area contributed by atoms with Crippen LogP contribution in [0.2, 0.25) is 0 Å². The second-order valence-electron chi connectivity index (χ2n) is 4.39. The number of benzene rings is 2. The Kier molecular flexibility index (Phi) is 4.35. The smallest absolute Gasteiger partial charge is 0.310 e. The first kappa shape index (κ1) is 13.6. The van der Waals surface area contributed by atoms with E-state index in [-0.39, 0.29) is 19.0 Å². The van der Waals surface area contributed by atoms with Crippen LogP contribution in [0.15, 0.2) is 48.5 Å². The number of esters is 1. The van der Waals surface area contributed by atoms with Gasteiger partial charge in [-0.1, -0.05) is 24.3 Å². The molecular weight excluding hydrogens is 252 g/mol. The molecule has 0 aliphatic rings. The molecule has 0 spiro atoms. The monoisotopic (exact) mass is 266 g/mol. The van der Waals surface area contributed by atoms with Gasteiger partial charge in [-0.2, -0.15) is 5.26 Å². The predicted molar refractivity (Wildman–Crippen MR) is 75.5 cm³/mol. The summed E-state index contributed by atoms with van der Waals surface area (Å²) >= 11 is 0. The Morgan fingerprint density at radius 1 is 1.15 bits per heavy atom. The lowest BCUT2D eigenvalue weighted by molar-refractivity contribution is -0.144. The van der Waals surface area contributed by atoms with Crippen LogP contribution >= 0.6 is 0 Å². The highest BCUT2D eigenvalue weighted by molar-refractivity contribution is 5.73. The molecule has 4 nitrogen and oxygen atoms in total. The molecule has 2 rings (SSSR count). The molecule has 0 unspecified atom stereocenters. The molecule has 0 amide bonds. The van der Waals surface area contributed by atoms with Crippen LogP contribution in [-0.2, 0) is 22.6 Å². The number of nitrogens with zero attached hydrogens (tertiary/aromatic N) is 1. The lowest BCUT2D eigenvalue weighted by atomic mass is 10.1. The SMILES string of the molecule is N#Cc1cccc(COC(=O)Cc2cccc(N)c2)c1. The van der Waals surface area contributed by atoms with Crippen LogP contribution in [0.1, 0.15) is 16.7 Å². The van der Waals surface area contributed by atoms with Gasteiger partial charge in [-0.25, -0.2) is 0 Å². The Bertz CT molecular complexity index is 660. The summed E-state index contributed by atoms with van der Waals surface area (Å²) in [7, 11) is 0. The maximum absolute atomic E-state index is 11.7. The van der Waals surface area contributed by atoms with E-state index in [4.69, 9.17) is 15.7 Å². The fraction of sp³-hybridized carbons (Fsp3) is 0.125. The summed E-state index contributed by atoms with van der Waals surface area (Å²) in [6.07, 6.45) is 0.184. The van der Waals surface area contributed by atoms with E-state index in [9.17, 15) is 4.79 Å². The minimum Gasteiger partial charge on any atom is -0.461 e. The van der Waals surface area contributed by atoms with Gasteiger partial charge >= 0.3 is 5.97 Å². The second-order valence-corrected chi connectivity index (χ2v) is 4.39. The number of rotatable bonds is 4.